The van der Waals surface area contributed by atoms with Gasteiger partial charge < -0.3 is 19.6 Å². The summed E-state index contributed by atoms with van der Waals surface area (Å²) < 4.78 is 43.2. The van der Waals surface area contributed by atoms with Gasteiger partial charge in [-0.15, -0.1) is 10.2 Å². The number of amides is 1. The Hall–Kier alpha value is -1.46. The van der Waals surface area contributed by atoms with Gasteiger partial charge in [0.1, 0.15) is 0 Å². The summed E-state index contributed by atoms with van der Waals surface area (Å²) in [5.74, 6) is -0.167. The molecule has 0 radical (unpaired) electrons. The van der Waals surface area contributed by atoms with Crippen LogP contribution in [-0.2, 0) is 15.7 Å². The van der Waals surface area contributed by atoms with Crippen molar-refractivity contribution in [2.24, 2.45) is 5.92 Å². The number of hydrogen-bond donors (Lipinski definition) is 1. The summed E-state index contributed by atoms with van der Waals surface area (Å²) in [7, 11) is 1.52. The molecule has 11 heteroatoms. The summed E-state index contributed by atoms with van der Waals surface area (Å²) in [5.41, 5.74) is 0. The molecule has 1 saturated heterocycles. The molecule has 1 aromatic heterocycles. The topological polar surface area (TPSA) is 78.8 Å². The number of aromatic nitrogens is 2. The number of methoxy groups -OCH3 is 1. The number of piperazine rings is 1. The maximum atomic E-state index is 12.7. The minimum Gasteiger partial charge on any atom is -0.390 e. The molecule has 0 aromatic carbocycles. The lowest BCUT2D eigenvalue weighted by Gasteiger charge is -2.38. The Morgan fingerprint density at radius 3 is 2.50 bits per heavy atom. The minimum absolute atomic E-state index is 0.0202. The Labute approximate surface area is 152 Å². The molecule has 1 aromatic rings. The van der Waals surface area contributed by atoms with Crippen molar-refractivity contribution < 1.29 is 27.8 Å². The van der Waals surface area contributed by atoms with Gasteiger partial charge in [-0.25, -0.2) is 0 Å². The van der Waals surface area contributed by atoms with Crippen LogP contribution in [0.15, 0.2) is 0 Å². The van der Waals surface area contributed by atoms with Crippen molar-refractivity contribution in [2.45, 2.75) is 37.6 Å². The van der Waals surface area contributed by atoms with Crippen LogP contribution in [0.2, 0.25) is 0 Å². The van der Waals surface area contributed by atoms with Crippen molar-refractivity contribution in [2.75, 3.05) is 38.2 Å². The average molecular weight is 394 g/mol. The van der Waals surface area contributed by atoms with E-state index >= 15 is 0 Å². The molecule has 1 saturated carbocycles. The normalized spacial score (nSPS) is 27.7. The van der Waals surface area contributed by atoms with Crippen LogP contribution >= 0.6 is 11.3 Å². The molecule has 2 fully saturated rings. The SMILES string of the molecule is CO[C@@H]1C[C@H](C(=O)N2CCN(c3nnc(C(F)(F)F)s3)CC2)CC[C@@H]1O. The Balaban J connectivity index is 1.55. The van der Waals surface area contributed by atoms with Crippen LogP contribution in [0.4, 0.5) is 18.3 Å². The standard InChI is InChI=1S/C15H21F3N4O3S/c1-25-11-8-9(2-3-10(11)23)12(24)21-4-6-22(7-5-21)14-20-19-13(26-14)15(16,17)18/h9-11,23H,2-8H2,1H3/t9-,10+,11-/m1/s1. The van der Waals surface area contributed by atoms with Crippen molar-refractivity contribution in [1.29, 1.82) is 0 Å². The van der Waals surface area contributed by atoms with Crippen LogP contribution in [0.1, 0.15) is 24.3 Å². The van der Waals surface area contributed by atoms with Crippen molar-refractivity contribution in [3.63, 3.8) is 0 Å². The van der Waals surface area contributed by atoms with Crippen molar-refractivity contribution >= 4 is 22.4 Å². The second kappa shape index (κ2) is 7.65. The second-order valence-corrected chi connectivity index (χ2v) is 7.51. The number of aliphatic hydroxyl groups is 1. The molecule has 1 amide bonds. The number of carbonyl (C=O) groups excluding carboxylic acids is 1. The van der Waals surface area contributed by atoms with E-state index in [9.17, 15) is 23.1 Å². The second-order valence-electron chi connectivity index (χ2n) is 6.55. The zero-order chi connectivity index (χ0) is 18.9. The number of nitrogens with zero attached hydrogens (tertiary/aromatic N) is 4. The number of anilines is 1. The molecule has 0 unspecified atom stereocenters. The quantitative estimate of drug-likeness (QED) is 0.835. The zero-order valence-electron chi connectivity index (χ0n) is 14.3. The van der Waals surface area contributed by atoms with Crippen molar-refractivity contribution in [3.8, 4) is 0 Å². The summed E-state index contributed by atoms with van der Waals surface area (Å²) in [4.78, 5) is 16.2. The van der Waals surface area contributed by atoms with E-state index in [1.165, 1.54) is 7.11 Å². The van der Waals surface area contributed by atoms with Gasteiger partial charge in [0, 0.05) is 39.2 Å². The lowest BCUT2D eigenvalue weighted by atomic mass is 9.84. The van der Waals surface area contributed by atoms with E-state index in [1.807, 2.05) is 0 Å². The smallest absolute Gasteiger partial charge is 0.390 e. The molecule has 0 bridgehead atoms. The number of carbonyl (C=O) groups is 1. The average Bonchev–Trinajstić information content (AvgIpc) is 3.12. The fraction of sp³-hybridized carbons (Fsp3) is 0.800. The highest BCUT2D eigenvalue weighted by molar-refractivity contribution is 7.15. The number of alkyl halides is 3. The van der Waals surface area contributed by atoms with Gasteiger partial charge in [0.05, 0.1) is 12.2 Å². The largest absolute Gasteiger partial charge is 0.445 e. The van der Waals surface area contributed by atoms with E-state index in [0.29, 0.717) is 56.8 Å². The fourth-order valence-corrected chi connectivity index (χ4v) is 4.19. The fourth-order valence-electron chi connectivity index (χ4n) is 3.42. The van der Waals surface area contributed by atoms with E-state index in [2.05, 4.69) is 10.2 Å². The van der Waals surface area contributed by atoms with Crippen LogP contribution < -0.4 is 4.90 Å². The highest BCUT2D eigenvalue weighted by Crippen LogP contribution is 2.35. The number of rotatable bonds is 3. The third-order valence-corrected chi connectivity index (χ3v) is 5.96. The summed E-state index contributed by atoms with van der Waals surface area (Å²) in [5, 5.41) is 15.9. The van der Waals surface area contributed by atoms with E-state index < -0.39 is 17.3 Å². The van der Waals surface area contributed by atoms with Gasteiger partial charge >= 0.3 is 6.18 Å². The number of aliphatic hydroxyl groups excluding tert-OH is 1. The number of ether oxygens (including phenoxy) is 1. The molecule has 7 nitrogen and oxygen atoms in total. The van der Waals surface area contributed by atoms with E-state index in [1.54, 1.807) is 9.80 Å². The van der Waals surface area contributed by atoms with Crippen molar-refractivity contribution in [3.05, 3.63) is 5.01 Å². The molecule has 1 N–H and O–H groups in total. The maximum Gasteiger partial charge on any atom is 0.445 e. The summed E-state index contributed by atoms with van der Waals surface area (Å²) >= 11 is 0.518. The first-order valence-electron chi connectivity index (χ1n) is 8.45. The Morgan fingerprint density at radius 1 is 1.23 bits per heavy atom. The predicted molar refractivity (Wildman–Crippen MR) is 87.8 cm³/mol. The number of halogens is 3. The lowest BCUT2D eigenvalue weighted by molar-refractivity contribution is -0.141. The van der Waals surface area contributed by atoms with Crippen molar-refractivity contribution in [1.82, 2.24) is 15.1 Å². The van der Waals surface area contributed by atoms with Gasteiger partial charge in [-0.1, -0.05) is 11.3 Å². The molecule has 146 valence electrons. The molecular formula is C15H21F3N4O3S. The summed E-state index contributed by atoms with van der Waals surface area (Å²) in [6.07, 6.45) is -3.73. The summed E-state index contributed by atoms with van der Waals surface area (Å²) in [6.45, 7) is 1.69. The third kappa shape index (κ3) is 4.09. The van der Waals surface area contributed by atoms with E-state index in [4.69, 9.17) is 4.74 Å². The Kier molecular flexibility index (Phi) is 5.68. The van der Waals surface area contributed by atoms with Gasteiger partial charge in [-0.05, 0) is 19.3 Å². The Morgan fingerprint density at radius 2 is 1.92 bits per heavy atom. The summed E-state index contributed by atoms with van der Waals surface area (Å²) in [6, 6.07) is 0. The molecule has 1 aliphatic heterocycles. The molecule has 1 aliphatic carbocycles. The first-order valence-corrected chi connectivity index (χ1v) is 9.26. The van der Waals surface area contributed by atoms with Gasteiger partial charge in [0.2, 0.25) is 16.0 Å². The molecule has 2 aliphatic rings. The number of hydrogen-bond acceptors (Lipinski definition) is 7. The van der Waals surface area contributed by atoms with Gasteiger partial charge in [-0.2, -0.15) is 13.2 Å². The zero-order valence-corrected chi connectivity index (χ0v) is 15.1. The molecule has 3 rings (SSSR count). The highest BCUT2D eigenvalue weighted by Gasteiger charge is 2.38. The van der Waals surface area contributed by atoms with E-state index in [-0.39, 0.29) is 23.1 Å². The van der Waals surface area contributed by atoms with Crippen LogP contribution in [0.3, 0.4) is 0 Å². The Bertz CT molecular complexity index is 634. The molecule has 3 atom stereocenters. The molecular weight excluding hydrogens is 373 g/mol. The van der Waals surface area contributed by atoms with Crippen LogP contribution in [0, 0.1) is 5.92 Å². The third-order valence-electron chi connectivity index (χ3n) is 4.93. The first kappa shape index (κ1) is 19.3. The van der Waals surface area contributed by atoms with Gasteiger partial charge in [0.25, 0.3) is 0 Å². The molecule has 0 spiro atoms. The van der Waals surface area contributed by atoms with Gasteiger partial charge in [-0.3, -0.25) is 4.79 Å². The lowest BCUT2D eigenvalue weighted by Crippen LogP contribution is -2.51. The minimum atomic E-state index is -4.49. The molecule has 26 heavy (non-hydrogen) atoms. The van der Waals surface area contributed by atoms with Crippen LogP contribution in [0.25, 0.3) is 0 Å². The maximum absolute atomic E-state index is 12.7. The van der Waals surface area contributed by atoms with Crippen LogP contribution in [0.5, 0.6) is 0 Å². The highest BCUT2D eigenvalue weighted by atomic mass is 32.1. The predicted octanol–water partition coefficient (Wildman–Crippen LogP) is 1.38. The van der Waals surface area contributed by atoms with Crippen LogP contribution in [-0.4, -0.2) is 71.6 Å². The monoisotopic (exact) mass is 394 g/mol. The van der Waals surface area contributed by atoms with Gasteiger partial charge in [0.15, 0.2) is 0 Å². The molecule has 2 heterocycles. The van der Waals surface area contributed by atoms with E-state index in [0.717, 1.165) is 0 Å². The first-order chi connectivity index (χ1) is 12.3.